The third kappa shape index (κ3) is 2.01. The van der Waals surface area contributed by atoms with E-state index in [1.165, 1.54) is 0 Å². The molecule has 2 aromatic carbocycles. The van der Waals surface area contributed by atoms with Gasteiger partial charge in [0, 0.05) is 21.8 Å². The second kappa shape index (κ2) is 5.18. The van der Waals surface area contributed by atoms with E-state index in [4.69, 9.17) is 4.98 Å². The standard InChI is InChI=1S/C17H13BrN4/c1-2-15-20-21-17-13-5-3-4-6-14(13)19-16(22(15)17)11-7-9-12(18)10-8-11/h3-10H,2H2,1H3. The molecule has 0 atom stereocenters. The minimum absolute atomic E-state index is 0.810. The number of hydrogen-bond donors (Lipinski definition) is 0. The van der Waals surface area contributed by atoms with E-state index in [1.807, 2.05) is 36.4 Å². The number of rotatable bonds is 2. The second-order valence-electron chi connectivity index (χ2n) is 5.09. The highest BCUT2D eigenvalue weighted by atomic mass is 79.9. The van der Waals surface area contributed by atoms with Crippen molar-refractivity contribution < 1.29 is 0 Å². The highest BCUT2D eigenvalue weighted by Gasteiger charge is 2.15. The van der Waals surface area contributed by atoms with E-state index in [1.54, 1.807) is 0 Å². The van der Waals surface area contributed by atoms with Gasteiger partial charge in [-0.05, 0) is 24.3 Å². The lowest BCUT2D eigenvalue weighted by molar-refractivity contribution is 0.904. The van der Waals surface area contributed by atoms with Crippen molar-refractivity contribution >= 4 is 32.5 Å². The molecule has 4 nitrogen and oxygen atoms in total. The van der Waals surface area contributed by atoms with Crippen LogP contribution in [0, 0.1) is 0 Å². The molecule has 0 saturated carbocycles. The Kier molecular flexibility index (Phi) is 3.15. The van der Waals surface area contributed by atoms with Crippen molar-refractivity contribution in [3.05, 3.63) is 58.8 Å². The monoisotopic (exact) mass is 352 g/mol. The highest BCUT2D eigenvalue weighted by molar-refractivity contribution is 9.10. The van der Waals surface area contributed by atoms with Gasteiger partial charge in [0.2, 0.25) is 0 Å². The Labute approximate surface area is 136 Å². The lowest BCUT2D eigenvalue weighted by atomic mass is 10.2. The van der Waals surface area contributed by atoms with Gasteiger partial charge < -0.3 is 0 Å². The average molecular weight is 353 g/mol. The summed E-state index contributed by atoms with van der Waals surface area (Å²) >= 11 is 3.48. The average Bonchev–Trinajstić information content (AvgIpc) is 2.99. The summed E-state index contributed by atoms with van der Waals surface area (Å²) < 4.78 is 3.11. The Morgan fingerprint density at radius 1 is 1.00 bits per heavy atom. The largest absolute Gasteiger partial charge is 0.262 e. The van der Waals surface area contributed by atoms with Gasteiger partial charge in [-0.15, -0.1) is 10.2 Å². The third-order valence-electron chi connectivity index (χ3n) is 3.73. The van der Waals surface area contributed by atoms with Crippen LogP contribution >= 0.6 is 15.9 Å². The number of hydrogen-bond acceptors (Lipinski definition) is 3. The molecule has 0 spiro atoms. The predicted octanol–water partition coefficient (Wildman–Crippen LogP) is 4.27. The van der Waals surface area contributed by atoms with Crippen LogP contribution in [0.1, 0.15) is 12.7 Å². The summed E-state index contributed by atoms with van der Waals surface area (Å²) in [5.74, 6) is 1.80. The Morgan fingerprint density at radius 2 is 1.77 bits per heavy atom. The molecule has 0 fully saturated rings. The maximum Gasteiger partial charge on any atom is 0.171 e. The van der Waals surface area contributed by atoms with E-state index in [0.717, 1.165) is 44.7 Å². The molecule has 5 heteroatoms. The van der Waals surface area contributed by atoms with Gasteiger partial charge in [-0.3, -0.25) is 4.40 Å². The first-order chi connectivity index (χ1) is 10.8. The summed E-state index contributed by atoms with van der Waals surface area (Å²) in [6, 6.07) is 16.2. The van der Waals surface area contributed by atoms with Gasteiger partial charge >= 0.3 is 0 Å². The molecule has 0 aliphatic carbocycles. The minimum atomic E-state index is 0.810. The van der Waals surface area contributed by atoms with E-state index in [9.17, 15) is 0 Å². The van der Waals surface area contributed by atoms with Crippen molar-refractivity contribution in [1.82, 2.24) is 19.6 Å². The molecule has 0 amide bonds. The number of para-hydroxylation sites is 1. The Balaban J connectivity index is 2.14. The van der Waals surface area contributed by atoms with Gasteiger partial charge in [0.05, 0.1) is 5.52 Å². The van der Waals surface area contributed by atoms with E-state index in [-0.39, 0.29) is 0 Å². The van der Waals surface area contributed by atoms with Crippen LogP contribution < -0.4 is 0 Å². The van der Waals surface area contributed by atoms with Gasteiger partial charge in [0.15, 0.2) is 5.65 Å². The first kappa shape index (κ1) is 13.4. The molecule has 4 aromatic rings. The number of fused-ring (bicyclic) bond motifs is 3. The summed E-state index contributed by atoms with van der Waals surface area (Å²) in [5.41, 5.74) is 2.84. The Hall–Kier alpha value is -2.27. The van der Waals surface area contributed by atoms with Crippen LogP contribution in [-0.4, -0.2) is 19.6 Å². The molecule has 0 aliphatic heterocycles. The maximum atomic E-state index is 4.85. The fourth-order valence-corrected chi connectivity index (χ4v) is 2.92. The zero-order valence-electron chi connectivity index (χ0n) is 12.0. The quantitative estimate of drug-likeness (QED) is 0.541. The fraction of sp³-hybridized carbons (Fsp3) is 0.118. The smallest absolute Gasteiger partial charge is 0.171 e. The molecule has 0 N–H and O–H groups in total. The van der Waals surface area contributed by atoms with Crippen LogP contribution in [-0.2, 0) is 6.42 Å². The van der Waals surface area contributed by atoms with E-state index >= 15 is 0 Å². The van der Waals surface area contributed by atoms with Crippen LogP contribution in [0.5, 0.6) is 0 Å². The van der Waals surface area contributed by atoms with E-state index < -0.39 is 0 Å². The van der Waals surface area contributed by atoms with Crippen molar-refractivity contribution in [2.75, 3.05) is 0 Å². The molecular weight excluding hydrogens is 340 g/mol. The van der Waals surface area contributed by atoms with Crippen molar-refractivity contribution in [1.29, 1.82) is 0 Å². The van der Waals surface area contributed by atoms with E-state index in [0.29, 0.717) is 0 Å². The molecule has 108 valence electrons. The van der Waals surface area contributed by atoms with Crippen LogP contribution in [0.2, 0.25) is 0 Å². The zero-order chi connectivity index (χ0) is 15.1. The summed E-state index contributed by atoms with van der Waals surface area (Å²) in [6.07, 6.45) is 0.810. The topological polar surface area (TPSA) is 43.1 Å². The van der Waals surface area contributed by atoms with Crippen molar-refractivity contribution in [3.8, 4) is 11.4 Å². The molecule has 0 unspecified atom stereocenters. The van der Waals surface area contributed by atoms with Gasteiger partial charge in [0.1, 0.15) is 11.6 Å². The summed E-state index contributed by atoms with van der Waals surface area (Å²) in [7, 11) is 0. The van der Waals surface area contributed by atoms with Crippen LogP contribution in [0.4, 0.5) is 0 Å². The summed E-state index contributed by atoms with van der Waals surface area (Å²) in [6.45, 7) is 2.08. The maximum absolute atomic E-state index is 4.85. The summed E-state index contributed by atoms with van der Waals surface area (Å²) in [4.78, 5) is 4.85. The predicted molar refractivity (Wildman–Crippen MR) is 90.8 cm³/mol. The fourth-order valence-electron chi connectivity index (χ4n) is 2.66. The number of benzene rings is 2. The van der Waals surface area contributed by atoms with Gasteiger partial charge in [-0.25, -0.2) is 4.98 Å². The van der Waals surface area contributed by atoms with Crippen LogP contribution in [0.25, 0.3) is 27.9 Å². The van der Waals surface area contributed by atoms with Gasteiger partial charge in [-0.1, -0.05) is 47.1 Å². The molecule has 0 bridgehead atoms. The first-order valence-corrected chi connectivity index (χ1v) is 7.96. The van der Waals surface area contributed by atoms with Crippen LogP contribution in [0.15, 0.2) is 53.0 Å². The molecule has 4 rings (SSSR count). The third-order valence-corrected chi connectivity index (χ3v) is 4.26. The normalized spacial score (nSPS) is 11.4. The zero-order valence-corrected chi connectivity index (χ0v) is 13.6. The molecule has 22 heavy (non-hydrogen) atoms. The lowest BCUT2D eigenvalue weighted by Crippen LogP contribution is -2.01. The number of aryl methyl sites for hydroxylation is 1. The molecule has 2 aromatic heterocycles. The van der Waals surface area contributed by atoms with Crippen LogP contribution in [0.3, 0.4) is 0 Å². The first-order valence-electron chi connectivity index (χ1n) is 7.16. The molecule has 2 heterocycles. The molecule has 0 saturated heterocycles. The highest BCUT2D eigenvalue weighted by Crippen LogP contribution is 2.26. The number of aromatic nitrogens is 4. The summed E-state index contributed by atoms with van der Waals surface area (Å²) in [5, 5.41) is 9.74. The number of nitrogens with zero attached hydrogens (tertiary/aromatic N) is 4. The second-order valence-corrected chi connectivity index (χ2v) is 6.00. The Bertz CT molecular complexity index is 973. The van der Waals surface area contributed by atoms with Crippen molar-refractivity contribution in [3.63, 3.8) is 0 Å². The van der Waals surface area contributed by atoms with Crippen molar-refractivity contribution in [2.45, 2.75) is 13.3 Å². The Morgan fingerprint density at radius 3 is 2.55 bits per heavy atom. The molecular formula is C17H13BrN4. The van der Waals surface area contributed by atoms with Gasteiger partial charge in [-0.2, -0.15) is 0 Å². The minimum Gasteiger partial charge on any atom is -0.262 e. The molecule has 0 aliphatic rings. The SMILES string of the molecule is CCc1nnc2c3ccccc3nc(-c3ccc(Br)cc3)n12. The lowest BCUT2D eigenvalue weighted by Gasteiger charge is -2.09. The molecule has 0 radical (unpaired) electrons. The number of halogens is 1. The van der Waals surface area contributed by atoms with E-state index in [2.05, 4.69) is 49.6 Å². The van der Waals surface area contributed by atoms with Gasteiger partial charge in [0.25, 0.3) is 0 Å². The van der Waals surface area contributed by atoms with Crippen molar-refractivity contribution in [2.24, 2.45) is 0 Å².